The normalized spacial score (nSPS) is 19.2. The molecular formula is C23H32IN7. The van der Waals surface area contributed by atoms with Crippen LogP contribution in [-0.2, 0) is 13.1 Å². The zero-order valence-corrected chi connectivity index (χ0v) is 20.6. The third-order valence-electron chi connectivity index (χ3n) is 5.77. The number of likely N-dealkylation sites (tertiary alicyclic amines) is 1. The Labute approximate surface area is 201 Å². The molecule has 1 N–H and O–H groups in total. The van der Waals surface area contributed by atoms with Gasteiger partial charge in [-0.25, -0.2) is 9.98 Å². The van der Waals surface area contributed by atoms with Gasteiger partial charge in [-0.3, -0.25) is 4.68 Å². The molecule has 0 spiro atoms. The van der Waals surface area contributed by atoms with Crippen LogP contribution in [-0.4, -0.2) is 49.8 Å². The van der Waals surface area contributed by atoms with Crippen LogP contribution < -0.4 is 5.32 Å². The predicted octanol–water partition coefficient (Wildman–Crippen LogP) is 3.79. The van der Waals surface area contributed by atoms with Gasteiger partial charge in [0, 0.05) is 44.4 Å². The second-order valence-electron chi connectivity index (χ2n) is 7.98. The number of halogens is 1. The van der Waals surface area contributed by atoms with Crippen molar-refractivity contribution in [3.63, 3.8) is 0 Å². The van der Waals surface area contributed by atoms with Gasteiger partial charge in [0.05, 0.1) is 25.5 Å². The van der Waals surface area contributed by atoms with Gasteiger partial charge in [-0.15, -0.1) is 24.0 Å². The standard InChI is InChI=1S/C23H31N7.HI/c1-3-25-23(28-12-8-19(2)22(17-28)29-13-10-24-18-29)26-15-20-6-4-7-21(14-20)16-30-11-5-9-27-30;/h4-7,9-11,13-14,18-19,22H,3,8,12,15-17H2,1-2H3,(H,25,26);1H. The quantitative estimate of drug-likeness (QED) is 0.298. The number of aliphatic imine (C=N–C) groups is 1. The predicted molar refractivity (Wildman–Crippen MR) is 135 cm³/mol. The van der Waals surface area contributed by atoms with Crippen LogP contribution in [0.15, 0.2) is 66.4 Å². The van der Waals surface area contributed by atoms with Crippen molar-refractivity contribution in [3.05, 3.63) is 72.6 Å². The van der Waals surface area contributed by atoms with E-state index in [4.69, 9.17) is 4.99 Å². The van der Waals surface area contributed by atoms with Gasteiger partial charge in [0.1, 0.15) is 0 Å². The zero-order valence-electron chi connectivity index (χ0n) is 18.3. The minimum atomic E-state index is 0. The highest BCUT2D eigenvalue weighted by molar-refractivity contribution is 14.0. The molecule has 31 heavy (non-hydrogen) atoms. The molecule has 2 aromatic heterocycles. The second kappa shape index (κ2) is 11.3. The van der Waals surface area contributed by atoms with Gasteiger partial charge in [0.2, 0.25) is 0 Å². The van der Waals surface area contributed by atoms with Crippen molar-refractivity contribution in [3.8, 4) is 0 Å². The first-order chi connectivity index (χ1) is 14.7. The van der Waals surface area contributed by atoms with E-state index in [1.54, 1.807) is 0 Å². The van der Waals surface area contributed by atoms with Crippen molar-refractivity contribution in [2.75, 3.05) is 19.6 Å². The topological polar surface area (TPSA) is 63.3 Å². The number of guanidine groups is 1. The molecule has 8 heteroatoms. The summed E-state index contributed by atoms with van der Waals surface area (Å²) in [7, 11) is 0. The number of piperidine rings is 1. The van der Waals surface area contributed by atoms with Crippen molar-refractivity contribution in [1.29, 1.82) is 0 Å². The summed E-state index contributed by atoms with van der Waals surface area (Å²) < 4.78 is 4.18. The molecule has 7 nitrogen and oxygen atoms in total. The van der Waals surface area contributed by atoms with E-state index in [-0.39, 0.29) is 24.0 Å². The monoisotopic (exact) mass is 533 g/mol. The van der Waals surface area contributed by atoms with Gasteiger partial charge < -0.3 is 14.8 Å². The average molecular weight is 533 g/mol. The minimum absolute atomic E-state index is 0. The lowest BCUT2D eigenvalue weighted by atomic mass is 9.93. The highest BCUT2D eigenvalue weighted by Crippen LogP contribution is 2.27. The van der Waals surface area contributed by atoms with Gasteiger partial charge in [-0.1, -0.05) is 31.2 Å². The fourth-order valence-corrected chi connectivity index (χ4v) is 4.09. The van der Waals surface area contributed by atoms with Gasteiger partial charge in [0.25, 0.3) is 0 Å². The van der Waals surface area contributed by atoms with Crippen molar-refractivity contribution in [2.24, 2.45) is 10.9 Å². The lowest BCUT2D eigenvalue weighted by Gasteiger charge is -2.39. The third-order valence-corrected chi connectivity index (χ3v) is 5.77. The van der Waals surface area contributed by atoms with Crippen LogP contribution in [0.25, 0.3) is 0 Å². The molecule has 1 aliphatic heterocycles. The van der Waals surface area contributed by atoms with Crippen LogP contribution in [0.2, 0.25) is 0 Å². The summed E-state index contributed by atoms with van der Waals surface area (Å²) in [5.74, 6) is 1.62. The molecule has 3 aromatic rings. The van der Waals surface area contributed by atoms with E-state index in [0.29, 0.717) is 18.5 Å². The Balaban J connectivity index is 0.00000272. The molecule has 2 atom stereocenters. The summed E-state index contributed by atoms with van der Waals surface area (Å²) in [5.41, 5.74) is 2.45. The molecule has 1 aliphatic rings. The third kappa shape index (κ3) is 6.09. The molecule has 2 unspecified atom stereocenters. The number of aromatic nitrogens is 4. The molecule has 0 aliphatic carbocycles. The van der Waals surface area contributed by atoms with E-state index >= 15 is 0 Å². The maximum Gasteiger partial charge on any atom is 0.194 e. The van der Waals surface area contributed by atoms with Gasteiger partial charge >= 0.3 is 0 Å². The van der Waals surface area contributed by atoms with Crippen molar-refractivity contribution in [2.45, 2.75) is 39.4 Å². The smallest absolute Gasteiger partial charge is 0.194 e. The highest BCUT2D eigenvalue weighted by atomic mass is 127. The lowest BCUT2D eigenvalue weighted by Crippen LogP contribution is -2.49. The van der Waals surface area contributed by atoms with Gasteiger partial charge in [-0.2, -0.15) is 5.10 Å². The summed E-state index contributed by atoms with van der Waals surface area (Å²) in [6, 6.07) is 11.0. The van der Waals surface area contributed by atoms with E-state index in [2.05, 4.69) is 69.2 Å². The molecular weight excluding hydrogens is 501 g/mol. The molecule has 0 radical (unpaired) electrons. The van der Waals surface area contributed by atoms with E-state index < -0.39 is 0 Å². The number of rotatable bonds is 6. The van der Waals surface area contributed by atoms with Crippen LogP contribution in [0.1, 0.15) is 37.4 Å². The number of imidazole rings is 1. The maximum atomic E-state index is 4.97. The Hall–Kier alpha value is -2.36. The first kappa shape index (κ1) is 23.3. The highest BCUT2D eigenvalue weighted by Gasteiger charge is 2.28. The van der Waals surface area contributed by atoms with Crippen LogP contribution in [0.4, 0.5) is 0 Å². The Bertz CT molecular complexity index is 937. The van der Waals surface area contributed by atoms with Crippen molar-refractivity contribution < 1.29 is 0 Å². The van der Waals surface area contributed by atoms with Gasteiger partial charge in [0.15, 0.2) is 5.96 Å². The summed E-state index contributed by atoms with van der Waals surface area (Å²) >= 11 is 0. The fourth-order valence-electron chi connectivity index (χ4n) is 4.09. The van der Waals surface area contributed by atoms with Gasteiger partial charge in [-0.05, 0) is 36.5 Å². The average Bonchev–Trinajstić information content (AvgIpc) is 3.46. The lowest BCUT2D eigenvalue weighted by molar-refractivity contribution is 0.189. The second-order valence-corrected chi connectivity index (χ2v) is 7.98. The Morgan fingerprint density at radius 2 is 2.06 bits per heavy atom. The van der Waals surface area contributed by atoms with E-state index in [9.17, 15) is 0 Å². The maximum absolute atomic E-state index is 4.97. The van der Waals surface area contributed by atoms with E-state index in [1.807, 2.05) is 35.7 Å². The molecule has 1 aromatic carbocycles. The first-order valence-electron chi connectivity index (χ1n) is 10.8. The molecule has 0 bridgehead atoms. The number of nitrogens with zero attached hydrogens (tertiary/aromatic N) is 6. The fraction of sp³-hybridized carbons (Fsp3) is 0.435. The summed E-state index contributed by atoms with van der Waals surface area (Å²) in [6.07, 6.45) is 10.8. The molecule has 0 amide bonds. The van der Waals surface area contributed by atoms with Crippen molar-refractivity contribution in [1.82, 2.24) is 29.5 Å². The van der Waals surface area contributed by atoms with E-state index in [0.717, 1.165) is 38.6 Å². The summed E-state index contributed by atoms with van der Waals surface area (Å²) in [4.78, 5) is 11.6. The van der Waals surface area contributed by atoms with Crippen LogP contribution in [0.3, 0.4) is 0 Å². The van der Waals surface area contributed by atoms with E-state index in [1.165, 1.54) is 11.1 Å². The van der Waals surface area contributed by atoms with Crippen molar-refractivity contribution >= 4 is 29.9 Å². The number of hydrogen-bond donors (Lipinski definition) is 1. The Morgan fingerprint density at radius 3 is 2.81 bits per heavy atom. The summed E-state index contributed by atoms with van der Waals surface area (Å²) in [5, 5.41) is 7.79. The number of hydrogen-bond acceptors (Lipinski definition) is 3. The van der Waals surface area contributed by atoms with Crippen LogP contribution in [0, 0.1) is 5.92 Å². The minimum Gasteiger partial charge on any atom is -0.357 e. The molecule has 3 heterocycles. The Kier molecular flexibility index (Phi) is 8.51. The summed E-state index contributed by atoms with van der Waals surface area (Å²) in [6.45, 7) is 8.73. The SMILES string of the molecule is CCNC(=NCc1cccc(Cn2cccn2)c1)N1CCC(C)C(n2ccnc2)C1.I. The Morgan fingerprint density at radius 1 is 1.19 bits per heavy atom. The molecule has 166 valence electrons. The molecule has 4 rings (SSSR count). The van der Waals surface area contributed by atoms with Crippen LogP contribution in [0.5, 0.6) is 0 Å². The largest absolute Gasteiger partial charge is 0.357 e. The molecule has 1 fully saturated rings. The first-order valence-corrected chi connectivity index (χ1v) is 10.8. The molecule has 0 saturated carbocycles. The number of nitrogens with one attached hydrogen (secondary N) is 1. The zero-order chi connectivity index (χ0) is 20.8. The number of benzene rings is 1. The molecule has 1 saturated heterocycles. The van der Waals surface area contributed by atoms with Crippen LogP contribution >= 0.6 is 24.0 Å².